The maximum Gasteiger partial charge on any atom is 0.330 e. The smallest absolute Gasteiger partial charge is 0.330 e. The van der Waals surface area contributed by atoms with E-state index in [0.717, 1.165) is 22.3 Å². The van der Waals surface area contributed by atoms with Crippen LogP contribution in [-0.2, 0) is 24.7 Å². The molecular weight excluding hydrogens is 651 g/mol. The zero-order valence-electron chi connectivity index (χ0n) is 28.2. The molecule has 2 amide bonds. The maximum atomic E-state index is 14.5. The van der Waals surface area contributed by atoms with Crippen molar-refractivity contribution in [2.24, 2.45) is 23.7 Å². The Morgan fingerprint density at radius 3 is 2.08 bits per heavy atom. The number of hydrogen-bond acceptors (Lipinski definition) is 7. The Labute approximate surface area is 301 Å². The standard InChI is InChI=1S/C44H35N3O5/c48-36(23-22-29-14-4-1-5-15-29)52-27-26-47-42(49)39-32-28-33(44(51,31-18-8-3-9-19-31)35-21-11-13-25-46-35)40(41(39)43(47)50)38(32)37(30-16-6-2-7-17-30)34-20-10-12-24-45-34/h1-25,28,32,39-41,51H,26-27H2/b23-22+,38-37?/t32-,39-,40+,41-,44?/m0/s1. The highest BCUT2D eigenvalue weighted by atomic mass is 16.5. The quantitative estimate of drug-likeness (QED) is 0.0801. The summed E-state index contributed by atoms with van der Waals surface area (Å²) in [4.78, 5) is 52.0. The number of rotatable bonds is 10. The van der Waals surface area contributed by atoms with Crippen LogP contribution in [0.5, 0.6) is 0 Å². The minimum atomic E-state index is -1.71. The van der Waals surface area contributed by atoms with Gasteiger partial charge in [0.15, 0.2) is 5.60 Å². The van der Waals surface area contributed by atoms with Crippen LogP contribution in [0.3, 0.4) is 0 Å². The average Bonchev–Trinajstić information content (AvgIpc) is 3.82. The number of carbonyl (C=O) groups excluding carboxylic acids is 3. The van der Waals surface area contributed by atoms with Gasteiger partial charge in [0, 0.05) is 35.9 Å². The van der Waals surface area contributed by atoms with E-state index in [9.17, 15) is 19.5 Å². The summed E-state index contributed by atoms with van der Waals surface area (Å²) in [5.74, 6) is -3.90. The molecule has 2 aromatic heterocycles. The second-order valence-electron chi connectivity index (χ2n) is 13.1. The molecule has 1 N–H and O–H groups in total. The lowest BCUT2D eigenvalue weighted by molar-refractivity contribution is -0.145. The van der Waals surface area contributed by atoms with Gasteiger partial charge in [-0.3, -0.25) is 24.5 Å². The SMILES string of the molecule is O=C(/C=C/c1ccccc1)OCCN1C(=O)[C@@H]2[C@@H]3C(C(O)(c4ccccc4)c4ccccn4)=C[C@@H](C3=C(c3ccccc3)c3ccccn3)[C@@H]2C1=O. The van der Waals surface area contributed by atoms with Gasteiger partial charge in [-0.25, -0.2) is 4.79 Å². The van der Waals surface area contributed by atoms with Crippen molar-refractivity contribution >= 4 is 29.4 Å². The summed E-state index contributed by atoms with van der Waals surface area (Å²) in [5, 5.41) is 13.0. The monoisotopic (exact) mass is 685 g/mol. The zero-order chi connectivity index (χ0) is 35.7. The fourth-order valence-electron chi connectivity index (χ4n) is 8.15. The Morgan fingerprint density at radius 1 is 0.769 bits per heavy atom. The molecule has 0 spiro atoms. The number of aromatic nitrogens is 2. The lowest BCUT2D eigenvalue weighted by Crippen LogP contribution is -2.39. The molecule has 5 aromatic rings. The molecule has 1 aliphatic heterocycles. The summed E-state index contributed by atoms with van der Waals surface area (Å²) in [7, 11) is 0. The molecule has 1 saturated heterocycles. The molecule has 3 aromatic carbocycles. The van der Waals surface area contributed by atoms with Crippen molar-refractivity contribution in [2.45, 2.75) is 5.60 Å². The van der Waals surface area contributed by atoms with Gasteiger partial charge in [0.05, 0.1) is 29.8 Å². The first-order valence-corrected chi connectivity index (χ1v) is 17.3. The van der Waals surface area contributed by atoms with Crippen LogP contribution in [0.1, 0.15) is 28.1 Å². The van der Waals surface area contributed by atoms with E-state index in [0.29, 0.717) is 22.5 Å². The lowest BCUT2D eigenvalue weighted by Gasteiger charge is -2.36. The number of amides is 2. The number of allylic oxidation sites excluding steroid dienone is 2. The Balaban J connectivity index is 1.20. The summed E-state index contributed by atoms with van der Waals surface area (Å²) in [6, 6.07) is 39.6. The number of likely N-dealkylation sites (tertiary alicyclic amines) is 1. The van der Waals surface area contributed by atoms with Gasteiger partial charge in [-0.15, -0.1) is 0 Å². The van der Waals surface area contributed by atoms with Crippen LogP contribution in [0.25, 0.3) is 11.6 Å². The zero-order valence-corrected chi connectivity index (χ0v) is 28.2. The summed E-state index contributed by atoms with van der Waals surface area (Å²) >= 11 is 0. The van der Waals surface area contributed by atoms with Crippen molar-refractivity contribution in [2.75, 3.05) is 13.2 Å². The van der Waals surface area contributed by atoms with E-state index in [1.807, 2.05) is 121 Å². The number of hydrogen-bond donors (Lipinski definition) is 1. The molecule has 0 radical (unpaired) electrons. The molecule has 5 atom stereocenters. The van der Waals surface area contributed by atoms with Gasteiger partial charge in [0.2, 0.25) is 11.8 Å². The number of carbonyl (C=O) groups is 3. The first kappa shape index (κ1) is 32.9. The van der Waals surface area contributed by atoms with E-state index in [-0.39, 0.29) is 25.0 Å². The molecule has 2 bridgehead atoms. The molecule has 8 rings (SSSR count). The van der Waals surface area contributed by atoms with E-state index in [1.54, 1.807) is 30.6 Å². The minimum absolute atomic E-state index is 0.0710. The molecular formula is C44H35N3O5. The number of ether oxygens (including phenoxy) is 1. The van der Waals surface area contributed by atoms with Crippen molar-refractivity contribution in [1.29, 1.82) is 0 Å². The highest BCUT2D eigenvalue weighted by molar-refractivity contribution is 6.08. The van der Waals surface area contributed by atoms with E-state index < -0.39 is 35.2 Å². The molecule has 8 heteroatoms. The third-order valence-corrected chi connectivity index (χ3v) is 10.3. The van der Waals surface area contributed by atoms with Crippen LogP contribution in [0.4, 0.5) is 0 Å². The second-order valence-corrected chi connectivity index (χ2v) is 13.1. The molecule has 1 unspecified atom stereocenters. The molecule has 2 fully saturated rings. The lowest BCUT2D eigenvalue weighted by atomic mass is 9.71. The van der Waals surface area contributed by atoms with Gasteiger partial charge >= 0.3 is 5.97 Å². The molecule has 2 aliphatic carbocycles. The molecule has 3 aliphatic rings. The first-order chi connectivity index (χ1) is 25.5. The van der Waals surface area contributed by atoms with Crippen LogP contribution in [0, 0.1) is 23.7 Å². The molecule has 3 heterocycles. The van der Waals surface area contributed by atoms with Crippen molar-refractivity contribution in [1.82, 2.24) is 14.9 Å². The minimum Gasteiger partial charge on any atom is -0.461 e. The normalized spacial score (nSPS) is 22.6. The number of nitrogens with zero attached hydrogens (tertiary/aromatic N) is 3. The number of pyridine rings is 2. The van der Waals surface area contributed by atoms with Crippen molar-refractivity contribution in [3.8, 4) is 0 Å². The van der Waals surface area contributed by atoms with Crippen LogP contribution >= 0.6 is 0 Å². The van der Waals surface area contributed by atoms with Gasteiger partial charge in [-0.1, -0.05) is 109 Å². The average molecular weight is 686 g/mol. The molecule has 1 saturated carbocycles. The van der Waals surface area contributed by atoms with E-state index in [4.69, 9.17) is 9.72 Å². The summed E-state index contributed by atoms with van der Waals surface area (Å²) in [6.07, 6.45) is 8.34. The van der Waals surface area contributed by atoms with Crippen molar-refractivity contribution in [3.63, 3.8) is 0 Å². The molecule has 52 heavy (non-hydrogen) atoms. The van der Waals surface area contributed by atoms with E-state index in [1.165, 1.54) is 11.0 Å². The number of esters is 1. The maximum absolute atomic E-state index is 14.5. The number of fused-ring (bicyclic) bond motifs is 5. The largest absolute Gasteiger partial charge is 0.461 e. The van der Waals surface area contributed by atoms with Crippen LogP contribution in [0.2, 0.25) is 0 Å². The fraction of sp³-hybridized carbons (Fsp3) is 0.159. The predicted octanol–water partition coefficient (Wildman–Crippen LogP) is 6.26. The highest BCUT2D eigenvalue weighted by Gasteiger charge is 2.66. The number of aliphatic hydroxyl groups is 1. The van der Waals surface area contributed by atoms with Gasteiger partial charge < -0.3 is 9.84 Å². The fourth-order valence-corrected chi connectivity index (χ4v) is 8.15. The third kappa shape index (κ3) is 5.67. The van der Waals surface area contributed by atoms with Crippen molar-refractivity contribution < 1.29 is 24.2 Å². The Kier molecular flexibility index (Phi) is 8.75. The summed E-state index contributed by atoms with van der Waals surface area (Å²) in [5.41, 5.74) is 4.08. The number of imide groups is 1. The van der Waals surface area contributed by atoms with Gasteiger partial charge in [-0.05, 0) is 58.2 Å². The van der Waals surface area contributed by atoms with E-state index >= 15 is 0 Å². The Morgan fingerprint density at radius 2 is 1.40 bits per heavy atom. The van der Waals surface area contributed by atoms with Crippen LogP contribution in [-0.4, -0.2) is 50.9 Å². The Bertz CT molecular complexity index is 2120. The highest BCUT2D eigenvalue weighted by Crippen LogP contribution is 2.64. The van der Waals surface area contributed by atoms with Gasteiger partial charge in [0.25, 0.3) is 0 Å². The number of benzene rings is 3. The molecule has 8 nitrogen and oxygen atoms in total. The Hall–Kier alpha value is -6.25. The first-order valence-electron chi connectivity index (χ1n) is 17.3. The van der Waals surface area contributed by atoms with Crippen LogP contribution in [0.15, 0.2) is 163 Å². The summed E-state index contributed by atoms with van der Waals surface area (Å²) < 4.78 is 5.43. The third-order valence-electron chi connectivity index (χ3n) is 10.3. The summed E-state index contributed by atoms with van der Waals surface area (Å²) in [6.45, 7) is -0.212. The van der Waals surface area contributed by atoms with Gasteiger partial charge in [0.1, 0.15) is 6.61 Å². The van der Waals surface area contributed by atoms with Gasteiger partial charge in [-0.2, -0.15) is 0 Å². The second kappa shape index (κ2) is 13.8. The van der Waals surface area contributed by atoms with Crippen molar-refractivity contribution in [3.05, 3.63) is 191 Å². The topological polar surface area (TPSA) is 110 Å². The molecule has 256 valence electrons. The van der Waals surface area contributed by atoms with E-state index in [2.05, 4.69) is 4.98 Å². The predicted molar refractivity (Wildman–Crippen MR) is 196 cm³/mol. The van der Waals surface area contributed by atoms with Crippen LogP contribution < -0.4 is 0 Å².